The topological polar surface area (TPSA) is 118 Å². The van der Waals surface area contributed by atoms with Crippen LogP contribution in [-0.2, 0) is 7.05 Å². The van der Waals surface area contributed by atoms with Gasteiger partial charge in [0.1, 0.15) is 5.82 Å². The SMILES string of the molecule is C=C(N)c1cc(F)c(NC2(C(C)=N)CCC2)nc1Nc1cnc2c(c1)c(C)nn2C. The van der Waals surface area contributed by atoms with Gasteiger partial charge in [-0.05, 0) is 45.2 Å². The third kappa shape index (κ3) is 3.26. The molecule has 8 nitrogen and oxygen atoms in total. The normalized spacial score (nSPS) is 14.9. The molecule has 5 N–H and O–H groups in total. The Morgan fingerprint density at radius 3 is 2.67 bits per heavy atom. The molecule has 3 aromatic heterocycles. The number of aryl methyl sites for hydroxylation is 2. The fourth-order valence-electron chi connectivity index (χ4n) is 3.78. The van der Waals surface area contributed by atoms with E-state index in [4.69, 9.17) is 11.1 Å². The fraction of sp³-hybridized carbons (Fsp3) is 0.333. The van der Waals surface area contributed by atoms with Crippen LogP contribution in [0.3, 0.4) is 0 Å². The third-order valence-electron chi connectivity index (χ3n) is 5.73. The van der Waals surface area contributed by atoms with Gasteiger partial charge in [0.25, 0.3) is 0 Å². The zero-order chi connectivity index (χ0) is 21.6. The number of hydrogen-bond acceptors (Lipinski definition) is 7. The van der Waals surface area contributed by atoms with Crippen LogP contribution in [-0.4, -0.2) is 31.0 Å². The maximum Gasteiger partial charge on any atom is 0.166 e. The second kappa shape index (κ2) is 7.08. The summed E-state index contributed by atoms with van der Waals surface area (Å²) in [6.07, 6.45) is 4.21. The molecule has 0 atom stereocenters. The monoisotopic (exact) mass is 408 g/mol. The number of hydrogen-bond donors (Lipinski definition) is 4. The Hall–Kier alpha value is -3.49. The van der Waals surface area contributed by atoms with Crippen molar-refractivity contribution in [3.8, 4) is 0 Å². The van der Waals surface area contributed by atoms with Crippen molar-refractivity contribution < 1.29 is 4.39 Å². The summed E-state index contributed by atoms with van der Waals surface area (Å²) >= 11 is 0. The molecule has 3 heterocycles. The molecule has 0 bridgehead atoms. The average molecular weight is 408 g/mol. The van der Waals surface area contributed by atoms with Crippen LogP contribution < -0.4 is 16.4 Å². The minimum absolute atomic E-state index is 0.0837. The third-order valence-corrected chi connectivity index (χ3v) is 5.73. The molecule has 0 radical (unpaired) electrons. The van der Waals surface area contributed by atoms with Gasteiger partial charge >= 0.3 is 0 Å². The van der Waals surface area contributed by atoms with Crippen LogP contribution in [0.5, 0.6) is 0 Å². The van der Waals surface area contributed by atoms with Crippen molar-refractivity contribution >= 4 is 39.8 Å². The lowest BCUT2D eigenvalue weighted by atomic mass is 9.73. The average Bonchev–Trinajstić information content (AvgIpc) is 2.93. The Morgan fingerprint density at radius 2 is 2.07 bits per heavy atom. The molecule has 0 aliphatic heterocycles. The summed E-state index contributed by atoms with van der Waals surface area (Å²) in [5.41, 5.74) is 8.69. The first kappa shape index (κ1) is 19.8. The molecule has 3 aromatic rings. The zero-order valence-electron chi connectivity index (χ0n) is 17.3. The molecule has 0 spiro atoms. The lowest BCUT2D eigenvalue weighted by molar-refractivity contribution is 0.367. The number of halogens is 1. The maximum absolute atomic E-state index is 14.8. The second-order valence-corrected chi connectivity index (χ2v) is 7.86. The highest BCUT2D eigenvalue weighted by Gasteiger charge is 2.40. The Balaban J connectivity index is 1.73. The van der Waals surface area contributed by atoms with E-state index in [9.17, 15) is 4.39 Å². The van der Waals surface area contributed by atoms with Crippen molar-refractivity contribution in [2.24, 2.45) is 12.8 Å². The number of aromatic nitrogens is 4. The van der Waals surface area contributed by atoms with E-state index in [1.54, 1.807) is 17.8 Å². The predicted molar refractivity (Wildman–Crippen MR) is 118 cm³/mol. The molecule has 0 amide bonds. The minimum atomic E-state index is -0.542. The number of anilines is 3. The standard InChI is InChI=1S/C21H25FN8/c1-11(23)15-9-17(22)19(28-21(13(3)24)6-5-7-21)27-18(15)26-14-8-16-12(2)29-30(4)20(16)25-10-14/h8-10,24H,1,5-7,23H2,2-4H3,(H2,26,27,28). The van der Waals surface area contributed by atoms with E-state index in [1.807, 2.05) is 20.0 Å². The smallest absolute Gasteiger partial charge is 0.166 e. The van der Waals surface area contributed by atoms with Crippen LogP contribution >= 0.6 is 0 Å². The molecule has 9 heteroatoms. The molecule has 0 unspecified atom stereocenters. The van der Waals surface area contributed by atoms with Crippen LogP contribution in [0.15, 0.2) is 24.9 Å². The number of nitrogens with two attached hydrogens (primary N) is 1. The minimum Gasteiger partial charge on any atom is -0.399 e. The first-order chi connectivity index (χ1) is 14.2. The molecular formula is C21H25FN8. The number of rotatable bonds is 6. The lowest BCUT2D eigenvalue weighted by Crippen LogP contribution is -2.51. The summed E-state index contributed by atoms with van der Waals surface area (Å²) in [5, 5.41) is 19.7. The van der Waals surface area contributed by atoms with Gasteiger partial charge in [0.05, 0.1) is 23.1 Å². The van der Waals surface area contributed by atoms with Crippen LogP contribution in [0, 0.1) is 18.2 Å². The molecule has 1 aliphatic rings. The fourth-order valence-corrected chi connectivity index (χ4v) is 3.78. The van der Waals surface area contributed by atoms with E-state index in [0.29, 0.717) is 22.8 Å². The van der Waals surface area contributed by atoms with Crippen LogP contribution in [0.25, 0.3) is 16.7 Å². The van der Waals surface area contributed by atoms with Gasteiger partial charge in [-0.3, -0.25) is 4.68 Å². The molecule has 1 fully saturated rings. The van der Waals surface area contributed by atoms with Crippen molar-refractivity contribution in [3.05, 3.63) is 42.0 Å². The van der Waals surface area contributed by atoms with Crippen molar-refractivity contribution in [1.29, 1.82) is 5.41 Å². The summed E-state index contributed by atoms with van der Waals surface area (Å²) < 4.78 is 16.5. The van der Waals surface area contributed by atoms with Gasteiger partial charge in [-0.15, -0.1) is 0 Å². The predicted octanol–water partition coefficient (Wildman–Crippen LogP) is 3.86. The largest absolute Gasteiger partial charge is 0.399 e. The van der Waals surface area contributed by atoms with Crippen LogP contribution in [0.1, 0.15) is 37.4 Å². The maximum atomic E-state index is 14.8. The van der Waals surface area contributed by atoms with Gasteiger partial charge in [0, 0.05) is 29.4 Å². The van der Waals surface area contributed by atoms with Gasteiger partial charge in [-0.1, -0.05) is 6.58 Å². The Bertz CT molecular complexity index is 1180. The Labute approximate surface area is 173 Å². The molecule has 0 saturated heterocycles. The molecule has 4 rings (SSSR count). The van der Waals surface area contributed by atoms with E-state index in [-0.39, 0.29) is 11.5 Å². The number of nitrogens with zero attached hydrogens (tertiary/aromatic N) is 4. The number of fused-ring (bicyclic) bond motifs is 1. The van der Waals surface area contributed by atoms with Crippen molar-refractivity contribution in [1.82, 2.24) is 19.7 Å². The quantitative estimate of drug-likeness (QED) is 0.460. The molecule has 1 aliphatic carbocycles. The van der Waals surface area contributed by atoms with Crippen molar-refractivity contribution in [2.45, 2.75) is 38.6 Å². The van der Waals surface area contributed by atoms with Crippen LogP contribution in [0.2, 0.25) is 0 Å². The van der Waals surface area contributed by atoms with E-state index in [0.717, 1.165) is 36.0 Å². The lowest BCUT2D eigenvalue weighted by Gasteiger charge is -2.42. The van der Waals surface area contributed by atoms with Gasteiger partial charge in [-0.2, -0.15) is 5.10 Å². The van der Waals surface area contributed by atoms with E-state index >= 15 is 0 Å². The highest BCUT2D eigenvalue weighted by atomic mass is 19.1. The number of nitrogens with one attached hydrogen (secondary N) is 3. The summed E-state index contributed by atoms with van der Waals surface area (Å²) in [5.74, 6) is -0.0852. The highest BCUT2D eigenvalue weighted by molar-refractivity contribution is 5.92. The van der Waals surface area contributed by atoms with Crippen LogP contribution in [0.4, 0.5) is 21.7 Å². The van der Waals surface area contributed by atoms with Gasteiger partial charge in [0.2, 0.25) is 0 Å². The Kier molecular flexibility index (Phi) is 4.68. The van der Waals surface area contributed by atoms with E-state index in [1.165, 1.54) is 6.07 Å². The number of pyridine rings is 2. The Morgan fingerprint density at radius 1 is 1.33 bits per heavy atom. The van der Waals surface area contributed by atoms with Crippen molar-refractivity contribution in [3.63, 3.8) is 0 Å². The summed E-state index contributed by atoms with van der Waals surface area (Å²) in [7, 11) is 1.84. The summed E-state index contributed by atoms with van der Waals surface area (Å²) in [6, 6.07) is 3.23. The highest BCUT2D eigenvalue weighted by Crippen LogP contribution is 2.37. The first-order valence-electron chi connectivity index (χ1n) is 9.76. The van der Waals surface area contributed by atoms with E-state index in [2.05, 4.69) is 32.3 Å². The molecule has 156 valence electrons. The van der Waals surface area contributed by atoms with Crippen molar-refractivity contribution in [2.75, 3.05) is 10.6 Å². The summed E-state index contributed by atoms with van der Waals surface area (Å²) in [4.78, 5) is 8.92. The summed E-state index contributed by atoms with van der Waals surface area (Å²) in [6.45, 7) is 7.39. The molecule has 0 aromatic carbocycles. The van der Waals surface area contributed by atoms with Gasteiger partial charge in [-0.25, -0.2) is 14.4 Å². The molecule has 30 heavy (non-hydrogen) atoms. The van der Waals surface area contributed by atoms with Gasteiger partial charge in [0.15, 0.2) is 17.3 Å². The first-order valence-corrected chi connectivity index (χ1v) is 9.76. The molecular weight excluding hydrogens is 383 g/mol. The van der Waals surface area contributed by atoms with E-state index < -0.39 is 11.4 Å². The van der Waals surface area contributed by atoms with Gasteiger partial charge < -0.3 is 21.8 Å². The molecule has 1 saturated carbocycles. The zero-order valence-corrected chi connectivity index (χ0v) is 17.3. The second-order valence-electron chi connectivity index (χ2n) is 7.86.